The van der Waals surface area contributed by atoms with E-state index in [2.05, 4.69) is 27.4 Å². The molecule has 2 fully saturated rings. The second kappa shape index (κ2) is 10.0. The Hall–Kier alpha value is -1.93. The summed E-state index contributed by atoms with van der Waals surface area (Å²) >= 11 is 0. The average Bonchev–Trinajstić information content (AvgIpc) is 3.05. The number of likely N-dealkylation sites (tertiary alicyclic amines) is 1. The van der Waals surface area contributed by atoms with Crippen LogP contribution in [0.1, 0.15) is 45.4 Å². The molecule has 2 saturated heterocycles. The Morgan fingerprint density at radius 3 is 2.71 bits per heavy atom. The third kappa shape index (κ3) is 5.54. The fourth-order valence-corrected chi connectivity index (χ4v) is 4.30. The van der Waals surface area contributed by atoms with E-state index in [1.807, 2.05) is 10.8 Å². The minimum Gasteiger partial charge on any atom is -0.381 e. The molecule has 2 amide bonds. The van der Waals surface area contributed by atoms with E-state index in [0.717, 1.165) is 64.4 Å². The normalized spacial score (nSPS) is 24.5. The number of aryl methyl sites for hydroxylation is 1. The number of imidazole rings is 1. The highest BCUT2D eigenvalue weighted by atomic mass is 16.5. The van der Waals surface area contributed by atoms with Crippen molar-refractivity contribution in [1.82, 2.24) is 25.1 Å². The maximum Gasteiger partial charge on any atom is 0.224 e. The van der Waals surface area contributed by atoms with Crippen molar-refractivity contribution in [1.29, 1.82) is 0 Å². The molecule has 0 saturated carbocycles. The maximum absolute atomic E-state index is 12.9. The van der Waals surface area contributed by atoms with Crippen LogP contribution in [0.5, 0.6) is 0 Å². The number of ether oxygens (including phenoxy) is 1. The Kier molecular flexibility index (Phi) is 7.44. The minimum atomic E-state index is -0.0772. The third-order valence-corrected chi connectivity index (χ3v) is 5.82. The Morgan fingerprint density at radius 1 is 1.21 bits per heavy atom. The van der Waals surface area contributed by atoms with E-state index < -0.39 is 0 Å². The summed E-state index contributed by atoms with van der Waals surface area (Å²) in [5, 5.41) is 6.14. The first-order chi connectivity index (χ1) is 13.6. The molecule has 3 heterocycles. The van der Waals surface area contributed by atoms with Crippen LogP contribution in [0.4, 0.5) is 0 Å². The van der Waals surface area contributed by atoms with Crippen LogP contribution in [0.2, 0.25) is 0 Å². The Labute approximate surface area is 167 Å². The van der Waals surface area contributed by atoms with Crippen LogP contribution in [0, 0.1) is 5.92 Å². The van der Waals surface area contributed by atoms with Gasteiger partial charge in [-0.1, -0.05) is 0 Å². The summed E-state index contributed by atoms with van der Waals surface area (Å²) in [7, 11) is 0. The molecular formula is C20H33N5O3. The number of nitrogens with one attached hydrogen (secondary N) is 2. The molecule has 28 heavy (non-hydrogen) atoms. The van der Waals surface area contributed by atoms with E-state index in [4.69, 9.17) is 4.74 Å². The van der Waals surface area contributed by atoms with Gasteiger partial charge in [-0.3, -0.25) is 14.5 Å². The Bertz CT molecular complexity index is 656. The molecule has 0 bridgehead atoms. The molecule has 1 aromatic heterocycles. The first kappa shape index (κ1) is 20.8. The number of aromatic nitrogens is 2. The van der Waals surface area contributed by atoms with Crippen LogP contribution >= 0.6 is 0 Å². The predicted octanol–water partition coefficient (Wildman–Crippen LogP) is 0.915. The number of amides is 2. The average molecular weight is 392 g/mol. The summed E-state index contributed by atoms with van der Waals surface area (Å²) in [6.45, 7) is 7.97. The molecule has 8 heteroatoms. The van der Waals surface area contributed by atoms with Crippen molar-refractivity contribution in [2.45, 2.75) is 64.7 Å². The Balaban J connectivity index is 1.63. The van der Waals surface area contributed by atoms with Crippen LogP contribution < -0.4 is 10.6 Å². The van der Waals surface area contributed by atoms with Crippen molar-refractivity contribution >= 4 is 11.8 Å². The molecule has 0 spiro atoms. The zero-order chi connectivity index (χ0) is 19.9. The fraction of sp³-hybridized carbons (Fsp3) is 0.750. The lowest BCUT2D eigenvalue weighted by atomic mass is 10.00. The van der Waals surface area contributed by atoms with Gasteiger partial charge in [0.1, 0.15) is 5.82 Å². The van der Waals surface area contributed by atoms with Crippen LogP contribution in [-0.2, 0) is 27.4 Å². The lowest BCUT2D eigenvalue weighted by Crippen LogP contribution is -2.48. The molecule has 2 aliphatic heterocycles. The van der Waals surface area contributed by atoms with Gasteiger partial charge in [-0.05, 0) is 32.6 Å². The molecule has 2 N–H and O–H groups in total. The zero-order valence-corrected chi connectivity index (χ0v) is 17.0. The molecule has 0 aromatic carbocycles. The monoisotopic (exact) mass is 391 g/mol. The van der Waals surface area contributed by atoms with Crippen LogP contribution in [0.3, 0.4) is 0 Å². The molecule has 3 rings (SSSR count). The minimum absolute atomic E-state index is 0.00812. The van der Waals surface area contributed by atoms with Gasteiger partial charge in [0.2, 0.25) is 11.8 Å². The summed E-state index contributed by atoms with van der Waals surface area (Å²) < 4.78 is 7.54. The highest BCUT2D eigenvalue weighted by Gasteiger charge is 2.32. The first-order valence-electron chi connectivity index (χ1n) is 10.4. The fourth-order valence-electron chi connectivity index (χ4n) is 4.30. The van der Waals surface area contributed by atoms with E-state index in [9.17, 15) is 9.59 Å². The second-order valence-corrected chi connectivity index (χ2v) is 7.82. The van der Waals surface area contributed by atoms with Gasteiger partial charge in [-0.15, -0.1) is 0 Å². The van der Waals surface area contributed by atoms with Gasteiger partial charge in [0.05, 0.1) is 12.5 Å². The molecule has 0 radical (unpaired) electrons. The first-order valence-corrected chi connectivity index (χ1v) is 10.4. The van der Waals surface area contributed by atoms with E-state index >= 15 is 0 Å². The number of nitrogens with zero attached hydrogens (tertiary/aromatic N) is 3. The molecule has 156 valence electrons. The molecule has 2 atom stereocenters. The van der Waals surface area contributed by atoms with Crippen LogP contribution in [0.25, 0.3) is 0 Å². The number of carbonyl (C=O) groups excluding carboxylic acids is 2. The van der Waals surface area contributed by atoms with E-state index in [1.165, 1.54) is 0 Å². The SMILES string of the molecule is CCn1ccnc1CNC(=O)[C@@H]1CC[C@H](NC(C)=O)CN(C2CCOCC2)C1. The standard InChI is InChI=1S/C20H33N5O3/c1-3-24-9-8-21-19(24)12-22-20(27)16-4-5-17(23-15(2)26)14-25(13-16)18-6-10-28-11-7-18/h8-9,16-18H,3-7,10-14H2,1-2H3,(H,22,27)(H,23,26)/t16-,17+/m1/s1. The third-order valence-electron chi connectivity index (χ3n) is 5.82. The molecule has 0 unspecified atom stereocenters. The highest BCUT2D eigenvalue weighted by Crippen LogP contribution is 2.23. The van der Waals surface area contributed by atoms with Crippen molar-refractivity contribution in [3.8, 4) is 0 Å². The summed E-state index contributed by atoms with van der Waals surface area (Å²) in [6.07, 6.45) is 7.25. The van der Waals surface area contributed by atoms with Crippen molar-refractivity contribution < 1.29 is 14.3 Å². The highest BCUT2D eigenvalue weighted by molar-refractivity contribution is 5.79. The quantitative estimate of drug-likeness (QED) is 0.753. The smallest absolute Gasteiger partial charge is 0.224 e. The van der Waals surface area contributed by atoms with Gasteiger partial charge < -0.3 is 19.9 Å². The predicted molar refractivity (Wildman–Crippen MR) is 105 cm³/mol. The molecule has 8 nitrogen and oxygen atoms in total. The van der Waals surface area contributed by atoms with Crippen molar-refractivity contribution in [2.75, 3.05) is 26.3 Å². The maximum atomic E-state index is 12.9. The van der Waals surface area contributed by atoms with Gasteiger partial charge in [-0.2, -0.15) is 0 Å². The van der Waals surface area contributed by atoms with E-state index in [-0.39, 0.29) is 23.8 Å². The van der Waals surface area contributed by atoms with Crippen molar-refractivity contribution in [3.63, 3.8) is 0 Å². The topological polar surface area (TPSA) is 88.5 Å². The van der Waals surface area contributed by atoms with Gasteiger partial charge in [-0.25, -0.2) is 4.98 Å². The number of hydrogen-bond acceptors (Lipinski definition) is 5. The molecule has 1 aromatic rings. The van der Waals surface area contributed by atoms with Gasteiger partial charge in [0, 0.05) is 64.2 Å². The summed E-state index contributed by atoms with van der Waals surface area (Å²) in [4.78, 5) is 31.2. The largest absolute Gasteiger partial charge is 0.381 e. The lowest BCUT2D eigenvalue weighted by Gasteiger charge is -2.36. The van der Waals surface area contributed by atoms with E-state index in [1.54, 1.807) is 13.1 Å². The second-order valence-electron chi connectivity index (χ2n) is 7.82. The molecule has 2 aliphatic rings. The van der Waals surface area contributed by atoms with Crippen molar-refractivity contribution in [2.24, 2.45) is 5.92 Å². The lowest BCUT2D eigenvalue weighted by molar-refractivity contribution is -0.126. The number of hydrogen-bond donors (Lipinski definition) is 2. The molecular weight excluding hydrogens is 358 g/mol. The Morgan fingerprint density at radius 2 is 2.00 bits per heavy atom. The van der Waals surface area contributed by atoms with Crippen LogP contribution in [0.15, 0.2) is 12.4 Å². The molecule has 0 aliphatic carbocycles. The van der Waals surface area contributed by atoms with Gasteiger partial charge >= 0.3 is 0 Å². The summed E-state index contributed by atoms with van der Waals surface area (Å²) in [6, 6.07) is 0.509. The van der Waals surface area contributed by atoms with Gasteiger partial charge in [0.15, 0.2) is 0 Å². The van der Waals surface area contributed by atoms with E-state index in [0.29, 0.717) is 12.6 Å². The number of carbonyl (C=O) groups is 2. The van der Waals surface area contributed by atoms with Gasteiger partial charge in [0.25, 0.3) is 0 Å². The zero-order valence-electron chi connectivity index (χ0n) is 17.0. The van der Waals surface area contributed by atoms with Crippen molar-refractivity contribution in [3.05, 3.63) is 18.2 Å². The summed E-state index contributed by atoms with van der Waals surface area (Å²) in [5.74, 6) is 0.867. The number of rotatable bonds is 6. The van der Waals surface area contributed by atoms with Crippen LogP contribution in [-0.4, -0.2) is 64.7 Å². The summed E-state index contributed by atoms with van der Waals surface area (Å²) in [5.41, 5.74) is 0.